The lowest BCUT2D eigenvalue weighted by molar-refractivity contribution is -0.385. The molecule has 0 aliphatic carbocycles. The van der Waals surface area contributed by atoms with Crippen molar-refractivity contribution in [1.82, 2.24) is 5.32 Å². The summed E-state index contributed by atoms with van der Waals surface area (Å²) in [6.45, 7) is 2.68. The third-order valence-corrected chi connectivity index (χ3v) is 5.54. The first kappa shape index (κ1) is 22.2. The molecule has 1 N–H and O–H groups in total. The van der Waals surface area contributed by atoms with Crippen molar-refractivity contribution < 1.29 is 22.9 Å². The Kier molecular flexibility index (Phi) is 6.80. The largest absolute Gasteiger partial charge is 0.496 e. The molecule has 1 amide bonds. The van der Waals surface area contributed by atoms with Crippen LogP contribution in [-0.4, -0.2) is 39.2 Å². The lowest BCUT2D eigenvalue weighted by Gasteiger charge is -2.25. The lowest BCUT2D eigenvalue weighted by atomic mass is 10.1. The summed E-state index contributed by atoms with van der Waals surface area (Å²) in [5.41, 5.74) is 0.759. The molecule has 0 unspecified atom stereocenters. The fraction of sp³-hybridized carbons (Fsp3) is 0.316. The minimum atomic E-state index is -3.87. The highest BCUT2D eigenvalue weighted by Gasteiger charge is 2.26. The van der Waals surface area contributed by atoms with Crippen LogP contribution in [-0.2, 0) is 14.8 Å². The molecule has 2 rings (SSSR count). The zero-order valence-corrected chi connectivity index (χ0v) is 17.4. The Morgan fingerprint density at radius 2 is 1.90 bits per heavy atom. The van der Waals surface area contributed by atoms with Crippen LogP contribution in [0.25, 0.3) is 0 Å². The third kappa shape index (κ3) is 5.23. The number of carbonyl (C=O) groups excluding carboxylic acids is 1. The molecular weight excluding hydrogens is 398 g/mol. The van der Waals surface area contributed by atoms with E-state index in [4.69, 9.17) is 4.74 Å². The number of para-hydroxylation sites is 1. The Balaban J connectivity index is 2.29. The molecular formula is C19H23N3O6S. The number of nitro benzene ring substituents is 1. The van der Waals surface area contributed by atoms with E-state index in [1.165, 1.54) is 32.2 Å². The maximum Gasteiger partial charge on any atom is 0.274 e. The van der Waals surface area contributed by atoms with E-state index in [1.54, 1.807) is 31.2 Å². The summed E-state index contributed by atoms with van der Waals surface area (Å²) in [4.78, 5) is 23.2. The van der Waals surface area contributed by atoms with Crippen LogP contribution in [0.5, 0.6) is 5.75 Å². The molecule has 0 radical (unpaired) electrons. The fourth-order valence-electron chi connectivity index (χ4n) is 2.98. The van der Waals surface area contributed by atoms with Gasteiger partial charge in [-0.3, -0.25) is 19.2 Å². The Bertz CT molecular complexity index is 1020. The summed E-state index contributed by atoms with van der Waals surface area (Å²) in [7, 11) is -2.35. The Labute approximate surface area is 169 Å². The van der Waals surface area contributed by atoms with E-state index in [9.17, 15) is 23.3 Å². The van der Waals surface area contributed by atoms with Crippen molar-refractivity contribution in [2.75, 3.05) is 24.2 Å². The topological polar surface area (TPSA) is 119 Å². The molecule has 156 valence electrons. The molecule has 9 nitrogen and oxygen atoms in total. The second kappa shape index (κ2) is 8.91. The molecule has 0 aliphatic heterocycles. The SMILES string of the molecule is COc1ccccc1[C@H](C)NC(=O)CN(c1cccc([N+](=O)[O-])c1C)S(C)(=O)=O. The van der Waals surface area contributed by atoms with Crippen LogP contribution in [0, 0.1) is 17.0 Å². The molecule has 0 saturated heterocycles. The number of amides is 1. The van der Waals surface area contributed by atoms with E-state index >= 15 is 0 Å². The van der Waals surface area contributed by atoms with Crippen molar-refractivity contribution in [2.45, 2.75) is 19.9 Å². The van der Waals surface area contributed by atoms with Crippen LogP contribution in [0.1, 0.15) is 24.1 Å². The Morgan fingerprint density at radius 1 is 1.24 bits per heavy atom. The number of ether oxygens (including phenoxy) is 1. The second-order valence-corrected chi connectivity index (χ2v) is 8.39. The Hall–Kier alpha value is -3.14. The predicted octanol–water partition coefficient (Wildman–Crippen LogP) is 2.56. The minimum absolute atomic E-state index is 0.0850. The standard InChI is InChI=1S/C19H23N3O6S/c1-13-16(9-7-10-17(13)22(24)25)21(29(4,26)27)12-19(23)20-14(2)15-8-5-6-11-18(15)28-3/h5-11,14H,12H2,1-4H3,(H,20,23)/t14-/m0/s1. The van der Waals surface area contributed by atoms with E-state index in [0.29, 0.717) is 5.75 Å². The monoisotopic (exact) mass is 421 g/mol. The first-order valence-corrected chi connectivity index (χ1v) is 10.5. The highest BCUT2D eigenvalue weighted by molar-refractivity contribution is 7.92. The maximum atomic E-state index is 12.6. The van der Waals surface area contributed by atoms with Gasteiger partial charge in [-0.25, -0.2) is 8.42 Å². The normalized spacial score (nSPS) is 12.1. The van der Waals surface area contributed by atoms with Gasteiger partial charge in [0.1, 0.15) is 12.3 Å². The number of methoxy groups -OCH3 is 1. The molecule has 0 bridgehead atoms. The van der Waals surface area contributed by atoms with Crippen molar-refractivity contribution in [3.63, 3.8) is 0 Å². The molecule has 2 aromatic rings. The van der Waals surface area contributed by atoms with Gasteiger partial charge in [-0.1, -0.05) is 24.3 Å². The first-order valence-electron chi connectivity index (χ1n) is 8.70. The average Bonchev–Trinajstić information content (AvgIpc) is 2.65. The van der Waals surface area contributed by atoms with Gasteiger partial charge in [0.2, 0.25) is 15.9 Å². The molecule has 0 fully saturated rings. The van der Waals surface area contributed by atoms with E-state index in [1.807, 2.05) is 0 Å². The van der Waals surface area contributed by atoms with Gasteiger partial charge in [0.15, 0.2) is 0 Å². The number of benzene rings is 2. The molecule has 0 aromatic heterocycles. The van der Waals surface area contributed by atoms with Gasteiger partial charge in [0.05, 0.1) is 35.6 Å². The smallest absolute Gasteiger partial charge is 0.274 e. The summed E-state index contributed by atoms with van der Waals surface area (Å²) in [6, 6.07) is 10.8. The summed E-state index contributed by atoms with van der Waals surface area (Å²) in [5.74, 6) is 0.0366. The van der Waals surface area contributed by atoms with Crippen molar-refractivity contribution >= 4 is 27.3 Å². The van der Waals surface area contributed by atoms with Crippen LogP contribution in [0.15, 0.2) is 42.5 Å². The first-order chi connectivity index (χ1) is 13.6. The zero-order chi connectivity index (χ0) is 21.8. The van der Waals surface area contributed by atoms with Crippen molar-refractivity contribution in [1.29, 1.82) is 0 Å². The molecule has 0 aliphatic rings. The molecule has 10 heteroatoms. The van der Waals surface area contributed by atoms with E-state index < -0.39 is 33.4 Å². The quantitative estimate of drug-likeness (QED) is 0.517. The van der Waals surface area contributed by atoms with Crippen molar-refractivity contribution in [3.05, 3.63) is 63.7 Å². The van der Waals surface area contributed by atoms with E-state index in [0.717, 1.165) is 16.1 Å². The summed E-state index contributed by atoms with van der Waals surface area (Å²) < 4.78 is 30.8. The molecule has 0 saturated carbocycles. The molecule has 29 heavy (non-hydrogen) atoms. The van der Waals surface area contributed by atoms with Gasteiger partial charge < -0.3 is 10.1 Å². The zero-order valence-electron chi connectivity index (χ0n) is 16.6. The Morgan fingerprint density at radius 3 is 2.48 bits per heavy atom. The molecule has 0 heterocycles. The average molecular weight is 421 g/mol. The highest BCUT2D eigenvalue weighted by atomic mass is 32.2. The summed E-state index contributed by atoms with van der Waals surface area (Å²) >= 11 is 0. The minimum Gasteiger partial charge on any atom is -0.496 e. The van der Waals surface area contributed by atoms with E-state index in [-0.39, 0.29) is 16.9 Å². The van der Waals surface area contributed by atoms with Crippen LogP contribution < -0.4 is 14.4 Å². The number of hydrogen-bond acceptors (Lipinski definition) is 6. The fourth-order valence-corrected chi connectivity index (χ4v) is 3.89. The number of hydrogen-bond donors (Lipinski definition) is 1. The van der Waals surface area contributed by atoms with Crippen molar-refractivity contribution in [3.8, 4) is 5.75 Å². The van der Waals surface area contributed by atoms with Crippen molar-refractivity contribution in [2.24, 2.45) is 0 Å². The second-order valence-electron chi connectivity index (χ2n) is 6.48. The van der Waals surface area contributed by atoms with Gasteiger partial charge >= 0.3 is 0 Å². The van der Waals surface area contributed by atoms with Crippen LogP contribution in [0.3, 0.4) is 0 Å². The number of sulfonamides is 1. The number of nitrogens with zero attached hydrogens (tertiary/aromatic N) is 2. The maximum absolute atomic E-state index is 12.6. The number of carbonyl (C=O) groups is 1. The predicted molar refractivity (Wildman–Crippen MR) is 110 cm³/mol. The third-order valence-electron chi connectivity index (χ3n) is 4.41. The van der Waals surface area contributed by atoms with Gasteiger partial charge in [-0.15, -0.1) is 0 Å². The number of nitrogens with one attached hydrogen (secondary N) is 1. The van der Waals surface area contributed by atoms with Gasteiger partial charge in [0.25, 0.3) is 5.69 Å². The summed E-state index contributed by atoms with van der Waals surface area (Å²) in [5, 5.41) is 13.9. The van der Waals surface area contributed by atoms with Gasteiger partial charge in [-0.2, -0.15) is 0 Å². The highest BCUT2D eigenvalue weighted by Crippen LogP contribution is 2.30. The van der Waals surface area contributed by atoms with Gasteiger partial charge in [-0.05, 0) is 26.0 Å². The molecule has 0 spiro atoms. The summed E-state index contributed by atoms with van der Waals surface area (Å²) in [6.07, 6.45) is 0.947. The van der Waals surface area contributed by atoms with Crippen LogP contribution in [0.4, 0.5) is 11.4 Å². The molecule has 2 aromatic carbocycles. The number of nitro groups is 1. The van der Waals surface area contributed by atoms with Crippen LogP contribution in [0.2, 0.25) is 0 Å². The van der Waals surface area contributed by atoms with Gasteiger partial charge in [0, 0.05) is 11.6 Å². The number of rotatable bonds is 8. The van der Waals surface area contributed by atoms with E-state index in [2.05, 4.69) is 5.32 Å². The lowest BCUT2D eigenvalue weighted by Crippen LogP contribution is -2.41. The van der Waals surface area contributed by atoms with Crippen LogP contribution >= 0.6 is 0 Å². The molecule has 1 atom stereocenters. The number of anilines is 1.